The molecule has 0 bridgehead atoms. The fourth-order valence-electron chi connectivity index (χ4n) is 4.07. The van der Waals surface area contributed by atoms with Gasteiger partial charge in [0.25, 0.3) is 0 Å². The molecule has 2 atom stereocenters. The Balaban J connectivity index is 1.70. The van der Waals surface area contributed by atoms with Crippen molar-refractivity contribution in [2.24, 2.45) is 10.9 Å². The summed E-state index contributed by atoms with van der Waals surface area (Å²) in [4.78, 5) is 19.2. The van der Waals surface area contributed by atoms with Crippen LogP contribution in [0, 0.1) is 5.92 Å². The molecule has 0 spiro atoms. The van der Waals surface area contributed by atoms with Crippen LogP contribution in [-0.4, -0.2) is 61.1 Å². The molecule has 2 unspecified atom stereocenters. The first-order valence-electron chi connectivity index (χ1n) is 10.9. The third-order valence-electron chi connectivity index (χ3n) is 5.75. The van der Waals surface area contributed by atoms with Gasteiger partial charge >= 0.3 is 0 Å². The van der Waals surface area contributed by atoms with Gasteiger partial charge in [-0.1, -0.05) is 6.42 Å². The van der Waals surface area contributed by atoms with Crippen LogP contribution in [0.5, 0.6) is 0 Å². The van der Waals surface area contributed by atoms with E-state index in [9.17, 15) is 4.79 Å². The van der Waals surface area contributed by atoms with Gasteiger partial charge in [0.2, 0.25) is 5.91 Å². The van der Waals surface area contributed by atoms with Gasteiger partial charge in [-0.15, -0.1) is 0 Å². The van der Waals surface area contributed by atoms with Gasteiger partial charge in [0, 0.05) is 50.2 Å². The third-order valence-corrected chi connectivity index (χ3v) is 5.75. The van der Waals surface area contributed by atoms with Gasteiger partial charge < -0.3 is 16.0 Å². The van der Waals surface area contributed by atoms with Gasteiger partial charge in [-0.25, -0.2) is 0 Å². The van der Waals surface area contributed by atoms with E-state index in [0.29, 0.717) is 24.2 Å². The highest BCUT2D eigenvalue weighted by atomic mass is 16.2. The Morgan fingerprint density at radius 3 is 2.33 bits per heavy atom. The molecule has 2 saturated carbocycles. The molecule has 2 rings (SSSR count). The molecule has 2 aliphatic carbocycles. The van der Waals surface area contributed by atoms with Crippen molar-refractivity contribution in [1.29, 1.82) is 0 Å². The van der Waals surface area contributed by atoms with Crippen LogP contribution in [0.15, 0.2) is 4.99 Å². The third kappa shape index (κ3) is 7.68. The smallest absolute Gasteiger partial charge is 0.223 e. The van der Waals surface area contributed by atoms with Gasteiger partial charge in [-0.05, 0) is 66.2 Å². The molecular weight excluding hydrogens is 338 g/mol. The average Bonchev–Trinajstić information content (AvgIpc) is 3.44. The van der Waals surface area contributed by atoms with Crippen molar-refractivity contribution in [2.45, 2.75) is 96.8 Å². The highest BCUT2D eigenvalue weighted by molar-refractivity contribution is 5.81. The lowest BCUT2D eigenvalue weighted by Crippen LogP contribution is -2.47. The highest BCUT2D eigenvalue weighted by Crippen LogP contribution is 2.26. The molecule has 0 saturated heterocycles. The number of hydrogen-bond acceptors (Lipinski definition) is 3. The summed E-state index contributed by atoms with van der Waals surface area (Å²) in [6.45, 7) is 11.0. The second-order valence-corrected chi connectivity index (χ2v) is 8.77. The molecule has 1 amide bonds. The van der Waals surface area contributed by atoms with Crippen LogP contribution < -0.4 is 16.0 Å². The molecule has 0 heterocycles. The lowest BCUT2D eigenvalue weighted by atomic mass is 9.85. The topological polar surface area (TPSA) is 68.8 Å². The fraction of sp³-hybridized carbons (Fsp3) is 0.905. The maximum absolute atomic E-state index is 12.3. The minimum Gasteiger partial charge on any atom is -0.356 e. The molecule has 6 nitrogen and oxygen atoms in total. The Hall–Kier alpha value is -1.30. The Labute approximate surface area is 165 Å². The van der Waals surface area contributed by atoms with Crippen molar-refractivity contribution in [3.8, 4) is 0 Å². The predicted octanol–water partition coefficient (Wildman–Crippen LogP) is 2.50. The SMILES string of the molecule is CN=C(NCCCN(C(C)C)C(C)C)NC1CCCC(C(=O)NC2CC2)C1. The lowest BCUT2D eigenvalue weighted by molar-refractivity contribution is -0.126. The minimum atomic E-state index is 0.153. The number of aliphatic imine (C=N–C) groups is 1. The second kappa shape index (κ2) is 10.9. The van der Waals surface area contributed by atoms with Crippen molar-refractivity contribution < 1.29 is 4.79 Å². The highest BCUT2D eigenvalue weighted by Gasteiger charge is 2.31. The zero-order valence-electron chi connectivity index (χ0n) is 18.1. The maximum Gasteiger partial charge on any atom is 0.223 e. The van der Waals surface area contributed by atoms with E-state index in [0.717, 1.165) is 64.0 Å². The first-order valence-corrected chi connectivity index (χ1v) is 10.9. The Bertz CT molecular complexity index is 479. The number of nitrogens with zero attached hydrogens (tertiary/aromatic N) is 2. The molecule has 3 N–H and O–H groups in total. The average molecular weight is 380 g/mol. The Kier molecular flexibility index (Phi) is 8.87. The molecule has 27 heavy (non-hydrogen) atoms. The van der Waals surface area contributed by atoms with Crippen molar-refractivity contribution in [2.75, 3.05) is 20.1 Å². The van der Waals surface area contributed by atoms with E-state index in [1.165, 1.54) is 0 Å². The minimum absolute atomic E-state index is 0.153. The molecule has 6 heteroatoms. The first kappa shape index (κ1) is 22.0. The summed E-state index contributed by atoms with van der Waals surface area (Å²) in [6, 6.07) is 1.94. The quantitative estimate of drug-likeness (QED) is 0.327. The molecule has 0 aliphatic heterocycles. The van der Waals surface area contributed by atoms with Crippen LogP contribution in [0.2, 0.25) is 0 Å². The van der Waals surface area contributed by atoms with Crippen molar-refractivity contribution in [1.82, 2.24) is 20.9 Å². The van der Waals surface area contributed by atoms with E-state index in [-0.39, 0.29) is 11.8 Å². The summed E-state index contributed by atoms with van der Waals surface area (Å²) in [6.07, 6.45) is 7.55. The molecule has 2 aliphatic rings. The summed E-state index contributed by atoms with van der Waals surface area (Å²) in [5.74, 6) is 1.28. The largest absolute Gasteiger partial charge is 0.356 e. The molecular formula is C21H41N5O. The molecule has 0 aromatic heterocycles. The van der Waals surface area contributed by atoms with Crippen LogP contribution >= 0.6 is 0 Å². The van der Waals surface area contributed by atoms with E-state index < -0.39 is 0 Å². The summed E-state index contributed by atoms with van der Waals surface area (Å²) in [5, 5.41) is 10.2. The second-order valence-electron chi connectivity index (χ2n) is 8.77. The van der Waals surface area contributed by atoms with Crippen LogP contribution in [0.3, 0.4) is 0 Å². The molecule has 0 aromatic carbocycles. The number of carbonyl (C=O) groups is 1. The summed E-state index contributed by atoms with van der Waals surface area (Å²) in [5.41, 5.74) is 0. The fourth-order valence-corrected chi connectivity index (χ4v) is 4.07. The Morgan fingerprint density at radius 2 is 1.74 bits per heavy atom. The lowest BCUT2D eigenvalue weighted by Gasteiger charge is -2.31. The van der Waals surface area contributed by atoms with Crippen LogP contribution in [0.1, 0.15) is 72.6 Å². The van der Waals surface area contributed by atoms with Gasteiger partial charge in [0.15, 0.2) is 5.96 Å². The summed E-state index contributed by atoms with van der Waals surface area (Å²) < 4.78 is 0. The maximum atomic E-state index is 12.3. The van der Waals surface area contributed by atoms with Crippen LogP contribution in [0.25, 0.3) is 0 Å². The zero-order valence-corrected chi connectivity index (χ0v) is 18.1. The van der Waals surface area contributed by atoms with Crippen molar-refractivity contribution in [3.63, 3.8) is 0 Å². The monoisotopic (exact) mass is 379 g/mol. The molecule has 0 radical (unpaired) electrons. The Morgan fingerprint density at radius 1 is 1.04 bits per heavy atom. The summed E-state index contributed by atoms with van der Waals surface area (Å²) in [7, 11) is 1.82. The van der Waals surface area contributed by atoms with E-state index in [1.54, 1.807) is 0 Å². The van der Waals surface area contributed by atoms with E-state index in [2.05, 4.69) is 53.5 Å². The van der Waals surface area contributed by atoms with E-state index in [4.69, 9.17) is 0 Å². The van der Waals surface area contributed by atoms with Crippen LogP contribution in [-0.2, 0) is 4.79 Å². The number of nitrogens with one attached hydrogen (secondary N) is 3. The molecule has 0 aromatic rings. The van der Waals surface area contributed by atoms with Gasteiger partial charge in [0.1, 0.15) is 0 Å². The zero-order chi connectivity index (χ0) is 19.8. The normalized spacial score (nSPS) is 23.8. The number of carbonyl (C=O) groups excluding carboxylic acids is 1. The number of rotatable bonds is 9. The van der Waals surface area contributed by atoms with Crippen molar-refractivity contribution in [3.05, 3.63) is 0 Å². The first-order chi connectivity index (χ1) is 12.9. The van der Waals surface area contributed by atoms with Crippen LogP contribution in [0.4, 0.5) is 0 Å². The van der Waals surface area contributed by atoms with E-state index >= 15 is 0 Å². The summed E-state index contributed by atoms with van der Waals surface area (Å²) >= 11 is 0. The predicted molar refractivity (Wildman–Crippen MR) is 113 cm³/mol. The molecule has 2 fully saturated rings. The number of guanidine groups is 1. The van der Waals surface area contributed by atoms with Gasteiger partial charge in [0.05, 0.1) is 0 Å². The standard InChI is InChI=1S/C21H41N5O/c1-15(2)26(16(3)4)13-7-12-23-21(22-5)25-19-9-6-8-17(14-19)20(27)24-18-10-11-18/h15-19H,6-14H2,1-5H3,(H,24,27)(H2,22,23,25). The van der Waals surface area contributed by atoms with Crippen molar-refractivity contribution >= 4 is 11.9 Å². The van der Waals surface area contributed by atoms with E-state index in [1.807, 2.05) is 7.05 Å². The van der Waals surface area contributed by atoms with Gasteiger partial charge in [-0.3, -0.25) is 14.7 Å². The van der Waals surface area contributed by atoms with Gasteiger partial charge in [-0.2, -0.15) is 0 Å². The number of amides is 1. The molecule has 156 valence electrons. The number of hydrogen-bond donors (Lipinski definition) is 3.